The van der Waals surface area contributed by atoms with Crippen molar-refractivity contribution in [1.82, 2.24) is 5.32 Å². The Labute approximate surface area is 108 Å². The Morgan fingerprint density at radius 2 is 2.05 bits per heavy atom. The molecule has 6 heteroatoms. The van der Waals surface area contributed by atoms with E-state index >= 15 is 0 Å². The van der Waals surface area contributed by atoms with Gasteiger partial charge in [0.25, 0.3) is 0 Å². The number of methoxy groups -OCH3 is 1. The van der Waals surface area contributed by atoms with Gasteiger partial charge in [-0.1, -0.05) is 0 Å². The molecule has 1 heterocycles. The van der Waals surface area contributed by atoms with Crippen LogP contribution >= 0.6 is 0 Å². The van der Waals surface area contributed by atoms with E-state index in [4.69, 9.17) is 4.74 Å². The maximum absolute atomic E-state index is 13.6. The molecule has 1 aromatic rings. The molecule has 0 spiro atoms. The molecule has 0 amide bonds. The van der Waals surface area contributed by atoms with Crippen molar-refractivity contribution in [2.24, 2.45) is 0 Å². The number of nitrogens with one attached hydrogen (secondary N) is 1. The van der Waals surface area contributed by atoms with Crippen LogP contribution in [0.4, 0.5) is 17.6 Å². The number of piperidine rings is 1. The molecule has 0 radical (unpaired) electrons. The number of ether oxygens (including phenoxy) is 1. The van der Waals surface area contributed by atoms with Crippen LogP contribution in [-0.2, 0) is 6.18 Å². The number of hydrogen-bond acceptors (Lipinski definition) is 2. The number of rotatable bonds is 2. The van der Waals surface area contributed by atoms with Gasteiger partial charge in [-0.15, -0.1) is 0 Å². The smallest absolute Gasteiger partial charge is 0.419 e. The lowest BCUT2D eigenvalue weighted by Crippen LogP contribution is -2.28. The van der Waals surface area contributed by atoms with E-state index in [2.05, 4.69) is 5.32 Å². The third-order valence-corrected chi connectivity index (χ3v) is 3.36. The third-order valence-electron chi connectivity index (χ3n) is 3.36. The molecule has 1 fully saturated rings. The molecule has 1 atom stereocenters. The number of hydrogen-bond donors (Lipinski definition) is 1. The Morgan fingerprint density at radius 3 is 2.58 bits per heavy atom. The number of halogens is 4. The minimum atomic E-state index is -4.71. The fraction of sp³-hybridized carbons (Fsp3) is 0.538. The van der Waals surface area contributed by atoms with Crippen LogP contribution in [-0.4, -0.2) is 20.2 Å². The Hall–Kier alpha value is -1.30. The van der Waals surface area contributed by atoms with Crippen LogP contribution in [0.1, 0.15) is 29.9 Å². The molecule has 19 heavy (non-hydrogen) atoms. The SMILES string of the molecule is COc1cc(C(F)(F)F)c(F)cc1[C@@H]1CCCNC1. The third kappa shape index (κ3) is 3.00. The van der Waals surface area contributed by atoms with Gasteiger partial charge in [-0.05, 0) is 31.5 Å². The maximum Gasteiger partial charge on any atom is 0.419 e. The van der Waals surface area contributed by atoms with Crippen molar-refractivity contribution in [3.63, 3.8) is 0 Å². The molecule has 1 N–H and O–H groups in total. The lowest BCUT2D eigenvalue weighted by Gasteiger charge is -2.25. The summed E-state index contributed by atoms with van der Waals surface area (Å²) >= 11 is 0. The van der Waals surface area contributed by atoms with Gasteiger partial charge in [0.15, 0.2) is 0 Å². The highest BCUT2D eigenvalue weighted by Crippen LogP contribution is 2.38. The zero-order valence-corrected chi connectivity index (χ0v) is 10.5. The molecule has 0 bridgehead atoms. The van der Waals surface area contributed by atoms with Crippen molar-refractivity contribution in [3.8, 4) is 5.75 Å². The summed E-state index contributed by atoms with van der Waals surface area (Å²) in [5, 5.41) is 3.15. The molecule has 0 unspecified atom stereocenters. The minimum absolute atomic E-state index is 0.0134. The highest BCUT2D eigenvalue weighted by Gasteiger charge is 2.36. The van der Waals surface area contributed by atoms with E-state index in [1.54, 1.807) is 0 Å². The van der Waals surface area contributed by atoms with Crippen LogP contribution in [0.15, 0.2) is 12.1 Å². The second-order valence-corrected chi connectivity index (χ2v) is 4.62. The van der Waals surface area contributed by atoms with Gasteiger partial charge in [0.05, 0.1) is 12.7 Å². The number of alkyl halides is 3. The number of benzene rings is 1. The highest BCUT2D eigenvalue weighted by atomic mass is 19.4. The van der Waals surface area contributed by atoms with Gasteiger partial charge in [-0.3, -0.25) is 0 Å². The molecule has 1 saturated heterocycles. The lowest BCUT2D eigenvalue weighted by atomic mass is 9.90. The molecule has 0 aromatic heterocycles. The van der Waals surface area contributed by atoms with Crippen molar-refractivity contribution >= 4 is 0 Å². The molecule has 2 rings (SSSR count). The van der Waals surface area contributed by atoms with Crippen molar-refractivity contribution in [3.05, 3.63) is 29.1 Å². The van der Waals surface area contributed by atoms with Crippen molar-refractivity contribution in [2.45, 2.75) is 24.9 Å². The van der Waals surface area contributed by atoms with Gasteiger partial charge < -0.3 is 10.1 Å². The fourth-order valence-electron chi connectivity index (χ4n) is 2.40. The molecular formula is C13H15F4NO. The summed E-state index contributed by atoms with van der Waals surface area (Å²) in [4.78, 5) is 0. The largest absolute Gasteiger partial charge is 0.496 e. The Kier molecular flexibility index (Phi) is 3.99. The van der Waals surface area contributed by atoms with Crippen LogP contribution in [0, 0.1) is 5.82 Å². The van der Waals surface area contributed by atoms with Gasteiger partial charge in [0.1, 0.15) is 11.6 Å². The van der Waals surface area contributed by atoms with E-state index < -0.39 is 17.6 Å². The first-order valence-corrected chi connectivity index (χ1v) is 6.09. The zero-order valence-electron chi connectivity index (χ0n) is 10.5. The van der Waals surface area contributed by atoms with Crippen molar-refractivity contribution in [2.75, 3.05) is 20.2 Å². The monoisotopic (exact) mass is 277 g/mol. The average molecular weight is 277 g/mol. The summed E-state index contributed by atoms with van der Waals surface area (Å²) in [5.41, 5.74) is -0.780. The van der Waals surface area contributed by atoms with E-state index in [0.29, 0.717) is 12.1 Å². The first kappa shape index (κ1) is 14.1. The van der Waals surface area contributed by atoms with Crippen molar-refractivity contribution in [1.29, 1.82) is 0 Å². The van der Waals surface area contributed by atoms with Gasteiger partial charge >= 0.3 is 6.18 Å². The van der Waals surface area contributed by atoms with Crippen LogP contribution in [0.2, 0.25) is 0 Å². The first-order chi connectivity index (χ1) is 8.93. The van der Waals surface area contributed by atoms with E-state index in [0.717, 1.165) is 31.5 Å². The fourth-order valence-corrected chi connectivity index (χ4v) is 2.40. The minimum Gasteiger partial charge on any atom is -0.496 e. The van der Waals surface area contributed by atoms with Gasteiger partial charge in [-0.25, -0.2) is 4.39 Å². The maximum atomic E-state index is 13.6. The van der Waals surface area contributed by atoms with Gasteiger partial charge in [-0.2, -0.15) is 13.2 Å². The first-order valence-electron chi connectivity index (χ1n) is 6.09. The molecule has 2 nitrogen and oxygen atoms in total. The second-order valence-electron chi connectivity index (χ2n) is 4.62. The summed E-state index contributed by atoms with van der Waals surface area (Å²) in [7, 11) is 1.30. The zero-order chi connectivity index (χ0) is 14.0. The predicted octanol–water partition coefficient (Wildman–Crippen LogP) is 3.32. The standard InChI is InChI=1S/C13H15F4NO/c1-19-12-6-10(13(15,16)17)11(14)5-9(12)8-3-2-4-18-7-8/h5-6,8,18H,2-4,7H2,1H3/t8-/m1/s1. The van der Waals surface area contributed by atoms with Gasteiger partial charge in [0.2, 0.25) is 0 Å². The molecule has 1 aliphatic rings. The van der Waals surface area contributed by atoms with Crippen molar-refractivity contribution < 1.29 is 22.3 Å². The molecule has 1 aliphatic heterocycles. The Bertz CT molecular complexity index is 453. The molecule has 106 valence electrons. The summed E-state index contributed by atoms with van der Waals surface area (Å²) in [6, 6.07) is 1.71. The molecular weight excluding hydrogens is 262 g/mol. The summed E-state index contributed by atoms with van der Waals surface area (Å²) in [6.45, 7) is 1.50. The van der Waals surface area contributed by atoms with E-state index in [9.17, 15) is 17.6 Å². The Morgan fingerprint density at radius 1 is 1.32 bits per heavy atom. The summed E-state index contributed by atoms with van der Waals surface area (Å²) < 4.78 is 56.5. The molecule has 0 aliphatic carbocycles. The highest BCUT2D eigenvalue weighted by molar-refractivity contribution is 5.42. The lowest BCUT2D eigenvalue weighted by molar-refractivity contribution is -0.140. The predicted molar refractivity (Wildman–Crippen MR) is 62.8 cm³/mol. The summed E-state index contributed by atoms with van der Waals surface area (Å²) in [5.74, 6) is -1.16. The second kappa shape index (κ2) is 5.36. The van der Waals surface area contributed by atoms with E-state index in [1.165, 1.54) is 7.11 Å². The Balaban J connectivity index is 2.41. The molecule has 1 aromatic carbocycles. The van der Waals surface area contributed by atoms with E-state index in [-0.39, 0.29) is 11.7 Å². The summed E-state index contributed by atoms with van der Waals surface area (Å²) in [6.07, 6.45) is -2.98. The van der Waals surface area contributed by atoms with Crippen LogP contribution in [0.3, 0.4) is 0 Å². The topological polar surface area (TPSA) is 21.3 Å². The quantitative estimate of drug-likeness (QED) is 0.837. The van der Waals surface area contributed by atoms with Gasteiger partial charge in [0, 0.05) is 18.0 Å². The molecule has 0 saturated carbocycles. The van der Waals surface area contributed by atoms with Crippen LogP contribution in [0.5, 0.6) is 5.75 Å². The van der Waals surface area contributed by atoms with Crippen LogP contribution in [0.25, 0.3) is 0 Å². The normalized spacial score (nSPS) is 20.4. The van der Waals surface area contributed by atoms with E-state index in [1.807, 2.05) is 0 Å². The van der Waals surface area contributed by atoms with Crippen LogP contribution < -0.4 is 10.1 Å². The average Bonchev–Trinajstić information content (AvgIpc) is 2.38.